The number of hydrogen-bond donors (Lipinski definition) is 1. The summed E-state index contributed by atoms with van der Waals surface area (Å²) in [5.41, 5.74) is -1.10. The molecule has 40 heavy (non-hydrogen) atoms. The normalized spacial score (nSPS) is 26.9. The van der Waals surface area contributed by atoms with Gasteiger partial charge >= 0.3 is 12.0 Å². The maximum Gasteiger partial charge on any atom is 0.332 e. The number of carbonyl (C=O) groups excluding carboxylic acids is 3. The van der Waals surface area contributed by atoms with Crippen LogP contribution in [0.3, 0.4) is 0 Å². The molecule has 2 aromatic rings. The molecule has 10 nitrogen and oxygen atoms in total. The number of nitrogens with zero attached hydrogens (tertiary/aromatic N) is 3. The molecule has 1 saturated carbocycles. The van der Waals surface area contributed by atoms with Crippen LogP contribution in [-0.2, 0) is 14.3 Å². The molecule has 1 aliphatic carbocycles. The zero-order valence-electron chi connectivity index (χ0n) is 23.0. The van der Waals surface area contributed by atoms with Gasteiger partial charge in [-0.2, -0.15) is 0 Å². The molecule has 1 N–H and O–H groups in total. The van der Waals surface area contributed by atoms with Crippen molar-refractivity contribution >= 4 is 44.6 Å². The Morgan fingerprint density at radius 1 is 1.25 bits per heavy atom. The molecule has 1 saturated heterocycles. The third-order valence-corrected chi connectivity index (χ3v) is 8.54. The Bertz CT molecular complexity index is 1340. The lowest BCUT2D eigenvalue weighted by Crippen LogP contribution is -2.55. The molecule has 1 aromatic carbocycles. The topological polar surface area (TPSA) is 110 Å². The lowest BCUT2D eigenvalue weighted by molar-refractivity contribution is -0.149. The minimum atomic E-state index is -1.10. The van der Waals surface area contributed by atoms with Gasteiger partial charge in [0.25, 0.3) is 0 Å². The van der Waals surface area contributed by atoms with Gasteiger partial charge in [-0.1, -0.05) is 12.2 Å². The van der Waals surface area contributed by atoms with Crippen molar-refractivity contribution in [2.45, 2.75) is 56.7 Å². The molecule has 0 bridgehead atoms. The molecule has 0 spiro atoms. The second-order valence-electron chi connectivity index (χ2n) is 10.6. The summed E-state index contributed by atoms with van der Waals surface area (Å²) < 4.78 is 17.9. The van der Waals surface area contributed by atoms with Crippen LogP contribution in [-0.4, -0.2) is 84.2 Å². The SMILES string of the molecule is CCOC(=O)[C@@]12C[C@H]1C=CCCCCN(C)C(=O)N1C[C@H](Oc3ncc(Br)c4cc(OC)ccc34)C[C@H]1C(=O)N2. The van der Waals surface area contributed by atoms with Gasteiger partial charge in [-0.15, -0.1) is 0 Å². The van der Waals surface area contributed by atoms with Crippen LogP contribution >= 0.6 is 15.9 Å². The Kier molecular flexibility index (Phi) is 8.21. The van der Waals surface area contributed by atoms with Gasteiger partial charge in [0.05, 0.1) is 20.3 Å². The van der Waals surface area contributed by atoms with Crippen molar-refractivity contribution in [3.05, 3.63) is 41.0 Å². The van der Waals surface area contributed by atoms with E-state index in [1.165, 1.54) is 0 Å². The van der Waals surface area contributed by atoms with Gasteiger partial charge < -0.3 is 29.3 Å². The quantitative estimate of drug-likeness (QED) is 0.399. The van der Waals surface area contributed by atoms with Gasteiger partial charge in [-0.25, -0.2) is 14.6 Å². The van der Waals surface area contributed by atoms with E-state index >= 15 is 0 Å². The van der Waals surface area contributed by atoms with Crippen molar-refractivity contribution in [3.63, 3.8) is 0 Å². The smallest absolute Gasteiger partial charge is 0.332 e. The van der Waals surface area contributed by atoms with Crippen molar-refractivity contribution in [2.24, 2.45) is 5.92 Å². The predicted molar refractivity (Wildman–Crippen MR) is 152 cm³/mol. The van der Waals surface area contributed by atoms with Crippen LogP contribution in [0.15, 0.2) is 41.0 Å². The number of amides is 3. The average Bonchev–Trinajstić information content (AvgIpc) is 3.48. The van der Waals surface area contributed by atoms with Gasteiger partial charge in [0, 0.05) is 47.4 Å². The Balaban J connectivity index is 1.42. The van der Waals surface area contributed by atoms with Crippen molar-refractivity contribution < 1.29 is 28.6 Å². The maximum absolute atomic E-state index is 13.7. The molecule has 0 unspecified atom stereocenters. The highest BCUT2D eigenvalue weighted by atomic mass is 79.9. The van der Waals surface area contributed by atoms with Gasteiger partial charge in [-0.05, 0) is 66.7 Å². The first-order chi connectivity index (χ1) is 19.3. The maximum atomic E-state index is 13.7. The number of benzene rings is 1. The van der Waals surface area contributed by atoms with E-state index < -0.39 is 23.7 Å². The molecule has 3 aliphatic rings. The second-order valence-corrected chi connectivity index (χ2v) is 11.4. The highest BCUT2D eigenvalue weighted by Gasteiger charge is 2.62. The standard InChI is InChI=1S/C29H35BrN4O6/c1-4-39-27(36)29-15-18(29)9-7-5-6-8-12-33(2)28(37)34-17-20(14-24(34)25(35)32-29)40-26-21-11-10-19(38-3)13-22(21)23(30)16-31-26/h7,9-11,13,16,18,20,24H,4-6,8,12,14-15,17H2,1-3H3,(H,32,35)/t18-,20-,24+,29-/m1/s1. The largest absolute Gasteiger partial charge is 0.497 e. The van der Waals surface area contributed by atoms with Crippen LogP contribution in [0.5, 0.6) is 11.6 Å². The zero-order chi connectivity index (χ0) is 28.4. The summed E-state index contributed by atoms with van der Waals surface area (Å²) in [6, 6.07) is 4.56. The Morgan fingerprint density at radius 3 is 2.85 bits per heavy atom. The number of hydrogen-bond acceptors (Lipinski definition) is 7. The van der Waals surface area contributed by atoms with Crippen LogP contribution in [0.1, 0.15) is 39.0 Å². The molecule has 11 heteroatoms. The van der Waals surface area contributed by atoms with E-state index in [-0.39, 0.29) is 37.4 Å². The molecule has 3 heterocycles. The van der Waals surface area contributed by atoms with Crippen LogP contribution in [0, 0.1) is 5.92 Å². The first-order valence-electron chi connectivity index (χ1n) is 13.7. The summed E-state index contributed by atoms with van der Waals surface area (Å²) in [5.74, 6) is 0.164. The number of halogens is 1. The van der Waals surface area contributed by atoms with Gasteiger partial charge in [-0.3, -0.25) is 4.79 Å². The first kappa shape index (κ1) is 28.2. The van der Waals surface area contributed by atoms with Crippen LogP contribution in [0.2, 0.25) is 0 Å². The zero-order valence-corrected chi connectivity index (χ0v) is 24.6. The minimum absolute atomic E-state index is 0.131. The molecule has 1 aromatic heterocycles. The number of aromatic nitrogens is 1. The minimum Gasteiger partial charge on any atom is -0.497 e. The Hall–Kier alpha value is -3.34. The number of allylic oxidation sites excluding steroid dienone is 1. The monoisotopic (exact) mass is 614 g/mol. The fourth-order valence-electron chi connectivity index (χ4n) is 5.58. The molecular weight excluding hydrogens is 580 g/mol. The molecule has 4 atom stereocenters. The van der Waals surface area contributed by atoms with Crippen LogP contribution < -0.4 is 14.8 Å². The van der Waals surface area contributed by atoms with E-state index in [1.54, 1.807) is 37.1 Å². The van der Waals surface area contributed by atoms with E-state index in [0.29, 0.717) is 24.6 Å². The van der Waals surface area contributed by atoms with Crippen molar-refractivity contribution in [2.75, 3.05) is 33.9 Å². The summed E-state index contributed by atoms with van der Waals surface area (Å²) in [5, 5.41) is 4.64. The number of rotatable bonds is 5. The lowest BCUT2D eigenvalue weighted by Gasteiger charge is -2.30. The molecule has 2 aliphatic heterocycles. The third-order valence-electron chi connectivity index (χ3n) is 7.91. The Labute approximate surface area is 242 Å². The van der Waals surface area contributed by atoms with E-state index in [1.807, 2.05) is 24.3 Å². The summed E-state index contributed by atoms with van der Waals surface area (Å²) in [7, 11) is 3.36. The van der Waals surface area contributed by atoms with Gasteiger partial charge in [0.1, 0.15) is 23.4 Å². The van der Waals surface area contributed by atoms with Crippen LogP contribution in [0.25, 0.3) is 10.8 Å². The van der Waals surface area contributed by atoms with E-state index in [0.717, 1.165) is 34.5 Å². The number of esters is 1. The molecule has 0 radical (unpaired) electrons. The summed E-state index contributed by atoms with van der Waals surface area (Å²) in [4.78, 5) is 47.9. The van der Waals surface area contributed by atoms with E-state index in [9.17, 15) is 14.4 Å². The molecule has 2 fully saturated rings. The third kappa shape index (κ3) is 5.48. The molecule has 214 valence electrons. The number of ether oxygens (including phenoxy) is 3. The van der Waals surface area contributed by atoms with E-state index in [2.05, 4.69) is 32.3 Å². The fourth-order valence-corrected chi connectivity index (χ4v) is 6.01. The number of pyridine rings is 1. The van der Waals surface area contributed by atoms with Crippen molar-refractivity contribution in [1.82, 2.24) is 20.1 Å². The van der Waals surface area contributed by atoms with Crippen molar-refractivity contribution in [3.8, 4) is 11.6 Å². The average molecular weight is 616 g/mol. The summed E-state index contributed by atoms with van der Waals surface area (Å²) in [6.07, 6.45) is 8.60. The van der Waals surface area contributed by atoms with Gasteiger partial charge in [0.15, 0.2) is 0 Å². The predicted octanol–water partition coefficient (Wildman–Crippen LogP) is 4.06. The lowest BCUT2D eigenvalue weighted by atomic mass is 10.1. The first-order valence-corrected chi connectivity index (χ1v) is 14.5. The number of carbonyl (C=O) groups is 3. The molecular formula is C29H35BrN4O6. The van der Waals surface area contributed by atoms with Crippen molar-refractivity contribution in [1.29, 1.82) is 0 Å². The van der Waals surface area contributed by atoms with Gasteiger partial charge in [0.2, 0.25) is 11.8 Å². The number of urea groups is 1. The highest BCUT2D eigenvalue weighted by Crippen LogP contribution is 2.46. The van der Waals surface area contributed by atoms with Crippen LogP contribution in [0.4, 0.5) is 4.79 Å². The summed E-state index contributed by atoms with van der Waals surface area (Å²) in [6.45, 7) is 2.77. The summed E-state index contributed by atoms with van der Waals surface area (Å²) >= 11 is 3.55. The van der Waals surface area contributed by atoms with E-state index in [4.69, 9.17) is 14.2 Å². The number of fused-ring (bicyclic) bond motifs is 3. The number of nitrogens with one attached hydrogen (secondary N) is 1. The highest BCUT2D eigenvalue weighted by molar-refractivity contribution is 9.10. The molecule has 3 amide bonds. The fraction of sp³-hybridized carbons (Fsp3) is 0.517. The second kappa shape index (κ2) is 11.6. The number of methoxy groups -OCH3 is 1. The molecule has 5 rings (SSSR count). The Morgan fingerprint density at radius 2 is 2.08 bits per heavy atom.